The quantitative estimate of drug-likeness (QED) is 0.771. The minimum absolute atomic E-state index is 0.561. The van der Waals surface area contributed by atoms with Crippen LogP contribution in [0.2, 0.25) is 0 Å². The maximum absolute atomic E-state index is 5.72. The van der Waals surface area contributed by atoms with Crippen LogP contribution in [0.3, 0.4) is 0 Å². The van der Waals surface area contributed by atoms with Crippen molar-refractivity contribution in [1.29, 1.82) is 0 Å². The van der Waals surface area contributed by atoms with Gasteiger partial charge in [0.2, 0.25) is 0 Å². The highest BCUT2D eigenvalue weighted by molar-refractivity contribution is 5.35. The minimum Gasteiger partial charge on any atom is -0.492 e. The summed E-state index contributed by atoms with van der Waals surface area (Å²) in [5.41, 5.74) is 1.28. The second-order valence-corrected chi connectivity index (χ2v) is 6.57. The van der Waals surface area contributed by atoms with Gasteiger partial charge in [0.25, 0.3) is 0 Å². The van der Waals surface area contributed by atoms with Gasteiger partial charge in [-0.2, -0.15) is 5.10 Å². The molecule has 0 saturated carbocycles. The summed E-state index contributed by atoms with van der Waals surface area (Å²) in [7, 11) is 4.10. The van der Waals surface area contributed by atoms with E-state index in [0.717, 1.165) is 44.3 Å². The van der Waals surface area contributed by atoms with E-state index in [1.165, 1.54) is 5.56 Å². The normalized spacial score (nSPS) is 16.7. The highest BCUT2D eigenvalue weighted by Crippen LogP contribution is 2.16. The first-order valence-corrected chi connectivity index (χ1v) is 8.53. The lowest BCUT2D eigenvalue weighted by Gasteiger charge is -2.25. The molecule has 0 radical (unpaired) electrons. The lowest BCUT2D eigenvalue weighted by molar-refractivity contribution is 0.261. The van der Waals surface area contributed by atoms with E-state index in [-0.39, 0.29) is 0 Å². The van der Waals surface area contributed by atoms with E-state index in [1.54, 1.807) is 0 Å². The lowest BCUT2D eigenvalue weighted by Crippen LogP contribution is -2.35. The molecule has 0 amide bonds. The maximum atomic E-state index is 5.72. The zero-order valence-electron chi connectivity index (χ0n) is 14.5. The number of hydrogen-bond donors (Lipinski definition) is 2. The molecule has 0 saturated heterocycles. The van der Waals surface area contributed by atoms with Crippen LogP contribution in [0.15, 0.2) is 36.5 Å². The molecule has 1 aliphatic heterocycles. The first kappa shape index (κ1) is 16.8. The molecule has 2 N–H and O–H groups in total. The van der Waals surface area contributed by atoms with Crippen molar-refractivity contribution in [3.8, 4) is 5.75 Å². The molecule has 0 fully saturated rings. The number of aromatic nitrogens is 2. The molecule has 1 aromatic heterocycles. The van der Waals surface area contributed by atoms with Crippen LogP contribution in [0.25, 0.3) is 0 Å². The molecule has 1 aromatic carbocycles. The van der Waals surface area contributed by atoms with Crippen LogP contribution in [0.1, 0.15) is 5.56 Å². The lowest BCUT2D eigenvalue weighted by atomic mass is 10.1. The molecule has 2 aromatic rings. The van der Waals surface area contributed by atoms with Crippen molar-refractivity contribution in [3.05, 3.63) is 42.1 Å². The average Bonchev–Trinajstić information content (AvgIpc) is 3.04. The van der Waals surface area contributed by atoms with Crippen LogP contribution in [-0.2, 0) is 13.1 Å². The number of benzene rings is 1. The van der Waals surface area contributed by atoms with Gasteiger partial charge in [-0.3, -0.25) is 0 Å². The van der Waals surface area contributed by atoms with Crippen molar-refractivity contribution >= 4 is 5.82 Å². The average molecular weight is 329 g/mol. The number of ether oxygens (including phenoxy) is 1. The predicted molar refractivity (Wildman–Crippen MR) is 96.4 cm³/mol. The molecule has 0 aliphatic carbocycles. The maximum Gasteiger partial charge on any atom is 0.124 e. The van der Waals surface area contributed by atoms with E-state index in [4.69, 9.17) is 4.74 Å². The molecular weight excluding hydrogens is 302 g/mol. The molecule has 130 valence electrons. The predicted octanol–water partition coefficient (Wildman–Crippen LogP) is 1.65. The molecule has 1 aliphatic rings. The highest BCUT2D eigenvalue weighted by atomic mass is 16.5. The second-order valence-electron chi connectivity index (χ2n) is 6.57. The fourth-order valence-electron chi connectivity index (χ4n) is 2.79. The Morgan fingerprint density at radius 1 is 1.29 bits per heavy atom. The van der Waals surface area contributed by atoms with Gasteiger partial charge in [0.15, 0.2) is 0 Å². The van der Waals surface area contributed by atoms with E-state index < -0.39 is 0 Å². The summed E-state index contributed by atoms with van der Waals surface area (Å²) < 4.78 is 7.75. The van der Waals surface area contributed by atoms with Crippen molar-refractivity contribution in [1.82, 2.24) is 20.0 Å². The van der Waals surface area contributed by atoms with Gasteiger partial charge in [-0.15, -0.1) is 0 Å². The Hall–Kier alpha value is -2.05. The first-order chi connectivity index (χ1) is 11.7. The Bertz CT molecular complexity index is 623. The molecule has 2 heterocycles. The molecule has 0 spiro atoms. The van der Waals surface area contributed by atoms with E-state index in [2.05, 4.69) is 32.8 Å². The van der Waals surface area contributed by atoms with E-state index >= 15 is 0 Å². The number of nitrogens with zero attached hydrogens (tertiary/aromatic N) is 3. The number of anilines is 1. The van der Waals surface area contributed by atoms with Crippen molar-refractivity contribution in [2.75, 3.05) is 45.7 Å². The Morgan fingerprint density at radius 2 is 2.12 bits per heavy atom. The van der Waals surface area contributed by atoms with Crippen LogP contribution >= 0.6 is 0 Å². The molecular formula is C18H27N5O. The summed E-state index contributed by atoms with van der Waals surface area (Å²) >= 11 is 0. The van der Waals surface area contributed by atoms with Gasteiger partial charge in [-0.1, -0.05) is 12.1 Å². The fraction of sp³-hybridized carbons (Fsp3) is 0.500. The minimum atomic E-state index is 0.561. The third kappa shape index (κ3) is 4.72. The van der Waals surface area contributed by atoms with Crippen LogP contribution in [0.4, 0.5) is 5.82 Å². The number of nitrogens with one attached hydrogen (secondary N) is 2. The smallest absolute Gasteiger partial charge is 0.124 e. The van der Waals surface area contributed by atoms with Crippen LogP contribution in [0, 0.1) is 5.92 Å². The molecule has 3 rings (SSSR count). The molecule has 24 heavy (non-hydrogen) atoms. The zero-order valence-corrected chi connectivity index (χ0v) is 14.5. The monoisotopic (exact) mass is 329 g/mol. The molecule has 6 heteroatoms. The summed E-state index contributed by atoms with van der Waals surface area (Å²) in [5, 5.41) is 11.3. The summed E-state index contributed by atoms with van der Waals surface area (Å²) in [4.78, 5) is 2.12. The standard InChI is InChI=1S/C18H27N5O/c1-22(2)9-10-24-17-5-3-15(4-6-17)11-19-12-16-13-20-18-7-8-21-23(18)14-16/h3-8,16,19-20H,9-14H2,1-2H3/t16-/m1/s1. The molecule has 1 atom stereocenters. The number of fused-ring (bicyclic) bond motifs is 1. The van der Waals surface area contributed by atoms with E-state index in [1.807, 2.05) is 43.2 Å². The Balaban J connectivity index is 1.38. The fourth-order valence-corrected chi connectivity index (χ4v) is 2.79. The van der Waals surface area contributed by atoms with Gasteiger partial charge in [0.05, 0.1) is 6.20 Å². The van der Waals surface area contributed by atoms with Gasteiger partial charge in [0, 0.05) is 44.7 Å². The molecule has 0 unspecified atom stereocenters. The van der Waals surface area contributed by atoms with Gasteiger partial charge in [0.1, 0.15) is 18.2 Å². The Labute approximate surface area is 143 Å². The largest absolute Gasteiger partial charge is 0.492 e. The molecule has 0 bridgehead atoms. The number of hydrogen-bond acceptors (Lipinski definition) is 5. The number of likely N-dealkylation sites (N-methyl/N-ethyl adjacent to an activating group) is 1. The Morgan fingerprint density at radius 3 is 2.92 bits per heavy atom. The second kappa shape index (κ2) is 8.17. The van der Waals surface area contributed by atoms with Crippen LogP contribution < -0.4 is 15.4 Å². The van der Waals surface area contributed by atoms with Crippen molar-refractivity contribution < 1.29 is 4.74 Å². The van der Waals surface area contributed by atoms with Gasteiger partial charge < -0.3 is 20.3 Å². The summed E-state index contributed by atoms with van der Waals surface area (Å²) in [6.07, 6.45) is 1.85. The SMILES string of the molecule is CN(C)CCOc1ccc(CNC[C@@H]2CNc3ccnn3C2)cc1. The summed E-state index contributed by atoms with van der Waals surface area (Å²) in [5.74, 6) is 2.62. The summed E-state index contributed by atoms with van der Waals surface area (Å²) in [6, 6.07) is 10.4. The topological polar surface area (TPSA) is 54.4 Å². The van der Waals surface area contributed by atoms with Crippen molar-refractivity contribution in [3.63, 3.8) is 0 Å². The van der Waals surface area contributed by atoms with Crippen LogP contribution in [0.5, 0.6) is 5.75 Å². The van der Waals surface area contributed by atoms with Gasteiger partial charge >= 0.3 is 0 Å². The van der Waals surface area contributed by atoms with Gasteiger partial charge in [-0.05, 0) is 31.8 Å². The third-order valence-electron chi connectivity index (χ3n) is 4.21. The van der Waals surface area contributed by atoms with Crippen molar-refractivity contribution in [2.45, 2.75) is 13.1 Å². The Kier molecular flexibility index (Phi) is 5.72. The summed E-state index contributed by atoms with van der Waals surface area (Å²) in [6.45, 7) is 5.47. The van der Waals surface area contributed by atoms with E-state index in [9.17, 15) is 0 Å². The highest BCUT2D eigenvalue weighted by Gasteiger charge is 2.17. The zero-order chi connectivity index (χ0) is 16.8. The third-order valence-corrected chi connectivity index (χ3v) is 4.21. The van der Waals surface area contributed by atoms with Crippen molar-refractivity contribution in [2.24, 2.45) is 5.92 Å². The molecule has 6 nitrogen and oxygen atoms in total. The first-order valence-electron chi connectivity index (χ1n) is 8.53. The van der Waals surface area contributed by atoms with Gasteiger partial charge in [-0.25, -0.2) is 4.68 Å². The number of rotatable bonds is 8. The van der Waals surface area contributed by atoms with Crippen LogP contribution in [-0.4, -0.2) is 55.0 Å². The van der Waals surface area contributed by atoms with E-state index in [0.29, 0.717) is 12.5 Å².